The van der Waals surface area contributed by atoms with Crippen molar-refractivity contribution in [1.82, 2.24) is 15.3 Å². The van der Waals surface area contributed by atoms with E-state index >= 15 is 0 Å². The number of primary amides is 1. The van der Waals surface area contributed by atoms with Crippen molar-refractivity contribution in [2.75, 3.05) is 18.6 Å². The van der Waals surface area contributed by atoms with Gasteiger partial charge in [-0.25, -0.2) is 4.98 Å². The third kappa shape index (κ3) is 4.89. The van der Waals surface area contributed by atoms with Crippen LogP contribution in [-0.2, 0) is 4.74 Å². The minimum atomic E-state index is -0.642. The van der Waals surface area contributed by atoms with E-state index < -0.39 is 5.91 Å². The van der Waals surface area contributed by atoms with Crippen LogP contribution in [0.4, 0.5) is 5.69 Å². The number of allylic oxidation sites excluding steroid dienone is 2. The first kappa shape index (κ1) is 24.3. The van der Waals surface area contributed by atoms with Gasteiger partial charge < -0.3 is 31.9 Å². The number of aromatic nitrogens is 2. The Hall–Kier alpha value is -3.30. The number of nitrogens with one attached hydrogen (secondary N) is 3. The zero-order valence-corrected chi connectivity index (χ0v) is 20.0. The molecule has 7 N–H and O–H groups in total. The van der Waals surface area contributed by atoms with Crippen LogP contribution < -0.4 is 16.8 Å². The molecule has 3 aromatic rings. The van der Waals surface area contributed by atoms with Gasteiger partial charge in [-0.3, -0.25) is 4.79 Å². The lowest BCUT2D eigenvalue weighted by Crippen LogP contribution is -2.32. The molecular formula is C24H30N6O2S. The summed E-state index contributed by atoms with van der Waals surface area (Å²) in [6.07, 6.45) is 8.64. The smallest absolute Gasteiger partial charge is 0.269 e. The SMILES string of the molecule is CC.CSC(C)COC1C=CC=C(c2cc3c([nH]c4ccc(N)c(C=N)c43)c(C(N)=O)n2)N1. The molecule has 174 valence electrons. The van der Waals surface area contributed by atoms with E-state index in [1.54, 1.807) is 17.8 Å². The quantitative estimate of drug-likeness (QED) is 0.263. The van der Waals surface area contributed by atoms with Crippen LogP contribution in [0.1, 0.15) is 42.5 Å². The minimum Gasteiger partial charge on any atom is -0.398 e. The fourth-order valence-corrected chi connectivity index (χ4v) is 3.79. The monoisotopic (exact) mass is 466 g/mol. The molecule has 0 radical (unpaired) electrons. The third-order valence-corrected chi connectivity index (χ3v) is 6.18. The summed E-state index contributed by atoms with van der Waals surface area (Å²) in [6, 6.07) is 5.41. The van der Waals surface area contributed by atoms with Gasteiger partial charge in [0.05, 0.1) is 23.5 Å². The molecule has 8 nitrogen and oxygen atoms in total. The lowest BCUT2D eigenvalue weighted by atomic mass is 10.0. The second-order valence-electron chi connectivity index (χ2n) is 7.31. The molecule has 0 bridgehead atoms. The number of hydrogen-bond donors (Lipinski definition) is 5. The number of nitrogen functional groups attached to an aromatic ring is 1. The summed E-state index contributed by atoms with van der Waals surface area (Å²) in [6.45, 7) is 6.70. The summed E-state index contributed by atoms with van der Waals surface area (Å²) < 4.78 is 5.93. The molecule has 1 amide bonds. The Morgan fingerprint density at radius 1 is 1.39 bits per heavy atom. The van der Waals surface area contributed by atoms with Gasteiger partial charge in [-0.15, -0.1) is 0 Å². The molecule has 1 aliphatic rings. The van der Waals surface area contributed by atoms with Gasteiger partial charge in [-0.1, -0.05) is 26.8 Å². The van der Waals surface area contributed by atoms with Crippen LogP contribution in [0, 0.1) is 5.41 Å². The summed E-state index contributed by atoms with van der Waals surface area (Å²) in [7, 11) is 0. The topological polar surface area (TPSA) is 143 Å². The number of dihydropyridines is 1. The van der Waals surface area contributed by atoms with Crippen molar-refractivity contribution in [3.8, 4) is 0 Å². The van der Waals surface area contributed by atoms with Crippen LogP contribution in [-0.4, -0.2) is 46.4 Å². The molecule has 0 saturated carbocycles. The molecule has 2 unspecified atom stereocenters. The number of amides is 1. The van der Waals surface area contributed by atoms with Gasteiger partial charge in [0.15, 0.2) is 5.69 Å². The molecule has 1 aliphatic heterocycles. The van der Waals surface area contributed by atoms with Crippen LogP contribution in [0.25, 0.3) is 27.5 Å². The number of fused-ring (bicyclic) bond motifs is 3. The largest absolute Gasteiger partial charge is 0.398 e. The van der Waals surface area contributed by atoms with Gasteiger partial charge in [-0.05, 0) is 36.6 Å². The molecule has 2 aromatic heterocycles. The van der Waals surface area contributed by atoms with E-state index in [4.69, 9.17) is 21.6 Å². The lowest BCUT2D eigenvalue weighted by molar-refractivity contribution is 0.0761. The summed E-state index contributed by atoms with van der Waals surface area (Å²) >= 11 is 1.74. The number of thioether (sulfide) groups is 1. The second-order valence-corrected chi connectivity index (χ2v) is 8.59. The summed E-state index contributed by atoms with van der Waals surface area (Å²) in [5.41, 5.74) is 15.5. The first-order valence-corrected chi connectivity index (χ1v) is 12.1. The maximum absolute atomic E-state index is 12.2. The molecule has 3 heterocycles. The highest BCUT2D eigenvalue weighted by Gasteiger charge is 2.21. The van der Waals surface area contributed by atoms with E-state index in [1.807, 2.05) is 50.5 Å². The van der Waals surface area contributed by atoms with Crippen molar-refractivity contribution in [3.63, 3.8) is 0 Å². The number of aromatic amines is 1. The van der Waals surface area contributed by atoms with Crippen LogP contribution in [0.5, 0.6) is 0 Å². The number of nitrogens with zero attached hydrogens (tertiary/aromatic N) is 1. The number of rotatable bonds is 7. The number of ether oxygens (including phenoxy) is 1. The minimum absolute atomic E-state index is 0.129. The van der Waals surface area contributed by atoms with E-state index in [2.05, 4.69) is 22.2 Å². The van der Waals surface area contributed by atoms with Gasteiger partial charge >= 0.3 is 0 Å². The molecule has 33 heavy (non-hydrogen) atoms. The Morgan fingerprint density at radius 3 is 2.82 bits per heavy atom. The Kier molecular flexibility index (Phi) is 7.78. The highest BCUT2D eigenvalue weighted by atomic mass is 32.2. The predicted octanol–water partition coefficient (Wildman–Crippen LogP) is 4.02. The zero-order chi connectivity index (χ0) is 24.1. The average Bonchev–Trinajstić information content (AvgIpc) is 3.21. The highest BCUT2D eigenvalue weighted by molar-refractivity contribution is 7.99. The van der Waals surface area contributed by atoms with Gasteiger partial charge in [0, 0.05) is 39.0 Å². The number of carbonyl (C=O) groups excluding carboxylic acids is 1. The number of pyridine rings is 1. The molecular weight excluding hydrogens is 436 g/mol. The molecule has 4 rings (SSSR count). The number of H-pyrrole nitrogens is 1. The summed E-state index contributed by atoms with van der Waals surface area (Å²) in [5, 5.41) is 13.0. The summed E-state index contributed by atoms with van der Waals surface area (Å²) in [5.74, 6) is -0.642. The Bertz CT molecular complexity index is 1250. The average molecular weight is 467 g/mol. The molecule has 1 aromatic carbocycles. The lowest BCUT2D eigenvalue weighted by Gasteiger charge is -2.23. The first-order chi connectivity index (χ1) is 15.9. The Balaban J connectivity index is 0.00000149. The molecule has 0 aliphatic carbocycles. The van der Waals surface area contributed by atoms with E-state index in [0.29, 0.717) is 40.0 Å². The van der Waals surface area contributed by atoms with Gasteiger partial charge in [0.25, 0.3) is 5.91 Å². The highest BCUT2D eigenvalue weighted by Crippen LogP contribution is 2.33. The van der Waals surface area contributed by atoms with Gasteiger partial charge in [-0.2, -0.15) is 11.8 Å². The molecule has 0 saturated heterocycles. The van der Waals surface area contributed by atoms with Gasteiger partial charge in [0.2, 0.25) is 0 Å². The van der Waals surface area contributed by atoms with E-state index in [1.165, 1.54) is 6.21 Å². The van der Waals surface area contributed by atoms with Crippen LogP contribution >= 0.6 is 11.8 Å². The predicted molar refractivity (Wildman–Crippen MR) is 139 cm³/mol. The molecule has 9 heteroatoms. The van der Waals surface area contributed by atoms with Crippen LogP contribution in [0.2, 0.25) is 0 Å². The Morgan fingerprint density at radius 2 is 2.15 bits per heavy atom. The van der Waals surface area contributed by atoms with Crippen molar-refractivity contribution >= 4 is 57.1 Å². The number of benzene rings is 1. The fraction of sp³-hybridized carbons (Fsp3) is 0.292. The number of anilines is 1. The van der Waals surface area contributed by atoms with Crippen molar-refractivity contribution in [2.24, 2.45) is 5.73 Å². The fourth-order valence-electron chi connectivity index (χ4n) is 3.57. The normalized spacial score (nSPS) is 16.0. The second kappa shape index (κ2) is 10.5. The maximum atomic E-state index is 12.2. The number of nitrogens with two attached hydrogens (primary N) is 2. The molecule has 2 atom stereocenters. The van der Waals surface area contributed by atoms with Crippen molar-refractivity contribution in [1.29, 1.82) is 5.41 Å². The number of hydrogen-bond acceptors (Lipinski definition) is 7. The van der Waals surface area contributed by atoms with E-state index in [0.717, 1.165) is 16.3 Å². The number of carbonyl (C=O) groups is 1. The molecule has 0 spiro atoms. The van der Waals surface area contributed by atoms with Crippen molar-refractivity contribution in [2.45, 2.75) is 32.2 Å². The first-order valence-electron chi connectivity index (χ1n) is 10.8. The molecule has 0 fully saturated rings. The zero-order valence-electron chi connectivity index (χ0n) is 19.2. The van der Waals surface area contributed by atoms with Gasteiger partial charge in [0.1, 0.15) is 6.23 Å². The van der Waals surface area contributed by atoms with E-state index in [-0.39, 0.29) is 11.9 Å². The van der Waals surface area contributed by atoms with Crippen LogP contribution in [0.3, 0.4) is 0 Å². The summed E-state index contributed by atoms with van der Waals surface area (Å²) in [4.78, 5) is 19.9. The Labute approximate surface area is 197 Å². The maximum Gasteiger partial charge on any atom is 0.269 e. The van der Waals surface area contributed by atoms with E-state index in [9.17, 15) is 4.79 Å². The van der Waals surface area contributed by atoms with Crippen LogP contribution in [0.15, 0.2) is 36.4 Å². The third-order valence-electron chi connectivity index (χ3n) is 5.24. The van der Waals surface area contributed by atoms with Crippen molar-refractivity contribution in [3.05, 3.63) is 53.4 Å². The van der Waals surface area contributed by atoms with Crippen molar-refractivity contribution < 1.29 is 9.53 Å². The standard InChI is InChI=1S/C22H24N6O2S.C2H6/c1-11(31-2)10-30-18-5-3-4-15(26-18)17-8-12-19-13(9-23)14(24)6-7-16(19)27-20(12)21(28-17)22(25)29;1-2/h3-9,11,18,23,26-27H,10,24H2,1-2H3,(H2,25,29);1-2H3.